The fourth-order valence-corrected chi connectivity index (χ4v) is 3.01. The minimum atomic E-state index is -0.980. The highest BCUT2D eigenvalue weighted by molar-refractivity contribution is 5.85. The summed E-state index contributed by atoms with van der Waals surface area (Å²) in [6, 6.07) is 7.84. The van der Waals surface area contributed by atoms with Crippen LogP contribution in [0.1, 0.15) is 18.4 Å². The Labute approximate surface area is 147 Å². The van der Waals surface area contributed by atoms with E-state index in [1.165, 1.54) is 6.08 Å². The zero-order valence-corrected chi connectivity index (χ0v) is 14.0. The number of nitrogens with zero attached hydrogens (tertiary/aromatic N) is 3. The summed E-state index contributed by atoms with van der Waals surface area (Å²) in [6.45, 7) is 2.69. The Hall–Kier alpha value is -2.73. The normalized spacial score (nSPS) is 15.6. The Balaban J connectivity index is 1.80. The second-order valence-corrected chi connectivity index (χ2v) is 6.23. The van der Waals surface area contributed by atoms with Gasteiger partial charge in [0.05, 0.1) is 5.69 Å². The third-order valence-corrected chi connectivity index (χ3v) is 4.48. The topological polar surface area (TPSA) is 92.3 Å². The lowest BCUT2D eigenvalue weighted by molar-refractivity contribution is -0.131. The number of nitrogens with two attached hydrogens (primary N) is 1. The summed E-state index contributed by atoms with van der Waals surface area (Å²) >= 11 is 0. The van der Waals surface area contributed by atoms with Crippen LogP contribution in [0.5, 0.6) is 0 Å². The minimum absolute atomic E-state index is 0.612. The van der Waals surface area contributed by atoms with E-state index in [9.17, 15) is 4.79 Å². The first-order chi connectivity index (χ1) is 12.2. The Morgan fingerprint density at radius 3 is 2.84 bits per heavy atom. The van der Waals surface area contributed by atoms with Crippen LogP contribution in [0.25, 0.3) is 17.3 Å². The molecule has 0 bridgehead atoms. The molecule has 1 fully saturated rings. The van der Waals surface area contributed by atoms with Crippen molar-refractivity contribution in [2.75, 3.05) is 24.5 Å². The van der Waals surface area contributed by atoms with Crippen molar-refractivity contribution in [3.63, 3.8) is 0 Å². The van der Waals surface area contributed by atoms with Gasteiger partial charge in [0, 0.05) is 37.1 Å². The molecule has 25 heavy (non-hydrogen) atoms. The van der Waals surface area contributed by atoms with Gasteiger partial charge in [0.15, 0.2) is 0 Å². The fourth-order valence-electron chi connectivity index (χ4n) is 3.01. The molecular weight excluding hydrogens is 316 g/mol. The molecule has 0 aliphatic carbocycles. The molecule has 0 atom stereocenters. The van der Waals surface area contributed by atoms with Crippen molar-refractivity contribution in [3.05, 3.63) is 48.3 Å². The molecule has 2 aromatic rings. The molecule has 3 rings (SSSR count). The maximum Gasteiger partial charge on any atom is 0.328 e. The van der Waals surface area contributed by atoms with E-state index in [0.29, 0.717) is 5.92 Å². The molecule has 6 nitrogen and oxygen atoms in total. The van der Waals surface area contributed by atoms with Crippen molar-refractivity contribution in [1.29, 1.82) is 0 Å². The van der Waals surface area contributed by atoms with Crippen molar-refractivity contribution in [3.8, 4) is 11.3 Å². The maximum absolute atomic E-state index is 10.7. The molecule has 0 saturated carbocycles. The van der Waals surface area contributed by atoms with Crippen LogP contribution in [-0.4, -0.2) is 40.7 Å². The molecule has 0 spiro atoms. The van der Waals surface area contributed by atoms with Gasteiger partial charge in [-0.3, -0.25) is 4.98 Å². The van der Waals surface area contributed by atoms with E-state index in [1.807, 2.05) is 24.3 Å². The number of carbonyl (C=O) groups is 1. The first kappa shape index (κ1) is 17.1. The molecule has 6 heteroatoms. The Morgan fingerprint density at radius 1 is 1.32 bits per heavy atom. The molecule has 1 aliphatic rings. The third kappa shape index (κ3) is 4.42. The molecule has 1 saturated heterocycles. The average molecular weight is 338 g/mol. The summed E-state index contributed by atoms with van der Waals surface area (Å²) in [7, 11) is 0. The molecule has 0 radical (unpaired) electrons. The van der Waals surface area contributed by atoms with Crippen LogP contribution in [0.4, 0.5) is 5.82 Å². The standard InChI is InChI=1S/C19H22N4O2/c20-11-14-6-8-23(9-7-14)18-3-1-2-17(22-18)16-10-15(12-21-13-16)4-5-19(24)25/h1-5,10,12-14H,6-9,11,20H2,(H,24,25). The van der Waals surface area contributed by atoms with Crippen molar-refractivity contribution >= 4 is 17.9 Å². The Morgan fingerprint density at radius 2 is 2.12 bits per heavy atom. The van der Waals surface area contributed by atoms with E-state index < -0.39 is 5.97 Å². The van der Waals surface area contributed by atoms with Crippen molar-refractivity contribution in [2.24, 2.45) is 11.7 Å². The number of hydrogen-bond acceptors (Lipinski definition) is 5. The minimum Gasteiger partial charge on any atom is -0.478 e. The van der Waals surface area contributed by atoms with Crippen LogP contribution in [0.2, 0.25) is 0 Å². The molecule has 3 heterocycles. The highest BCUT2D eigenvalue weighted by Crippen LogP contribution is 2.24. The van der Waals surface area contributed by atoms with E-state index in [-0.39, 0.29) is 0 Å². The lowest BCUT2D eigenvalue weighted by Crippen LogP contribution is -2.36. The molecular formula is C19H22N4O2. The van der Waals surface area contributed by atoms with Gasteiger partial charge < -0.3 is 15.7 Å². The van der Waals surface area contributed by atoms with Gasteiger partial charge in [-0.05, 0) is 55.1 Å². The van der Waals surface area contributed by atoms with Crippen LogP contribution in [0.3, 0.4) is 0 Å². The number of carboxylic acid groups (broad SMARTS) is 1. The molecule has 3 N–H and O–H groups in total. The van der Waals surface area contributed by atoms with Crippen molar-refractivity contribution in [2.45, 2.75) is 12.8 Å². The number of carboxylic acids is 1. The first-order valence-electron chi connectivity index (χ1n) is 8.44. The van der Waals surface area contributed by atoms with Crippen LogP contribution in [-0.2, 0) is 4.79 Å². The highest BCUT2D eigenvalue weighted by Gasteiger charge is 2.19. The SMILES string of the molecule is NCC1CCN(c2cccc(-c3cncc(C=CC(=O)O)c3)n2)CC1. The van der Waals surface area contributed by atoms with Crippen LogP contribution in [0, 0.1) is 5.92 Å². The molecule has 0 unspecified atom stereocenters. The lowest BCUT2D eigenvalue weighted by Gasteiger charge is -2.32. The summed E-state index contributed by atoms with van der Waals surface area (Å²) in [5.41, 5.74) is 8.19. The number of hydrogen-bond donors (Lipinski definition) is 2. The smallest absolute Gasteiger partial charge is 0.328 e. The fraction of sp³-hybridized carbons (Fsp3) is 0.316. The summed E-state index contributed by atoms with van der Waals surface area (Å²) in [5, 5.41) is 8.75. The lowest BCUT2D eigenvalue weighted by atomic mass is 9.97. The van der Waals surface area contributed by atoms with Gasteiger partial charge in [-0.2, -0.15) is 0 Å². The van der Waals surface area contributed by atoms with Gasteiger partial charge in [-0.1, -0.05) is 6.07 Å². The first-order valence-corrected chi connectivity index (χ1v) is 8.44. The monoisotopic (exact) mass is 338 g/mol. The number of rotatable bonds is 5. The quantitative estimate of drug-likeness (QED) is 0.814. The van der Waals surface area contributed by atoms with Crippen LogP contribution in [0.15, 0.2) is 42.7 Å². The largest absolute Gasteiger partial charge is 0.478 e. The van der Waals surface area contributed by atoms with E-state index in [0.717, 1.165) is 61.2 Å². The van der Waals surface area contributed by atoms with Gasteiger partial charge in [0.2, 0.25) is 0 Å². The van der Waals surface area contributed by atoms with E-state index in [2.05, 4.69) is 9.88 Å². The number of pyridine rings is 2. The number of aliphatic carboxylic acids is 1. The number of anilines is 1. The highest BCUT2D eigenvalue weighted by atomic mass is 16.4. The summed E-state index contributed by atoms with van der Waals surface area (Å²) < 4.78 is 0. The van der Waals surface area contributed by atoms with Gasteiger partial charge in [0.1, 0.15) is 5.82 Å². The predicted molar refractivity (Wildman–Crippen MR) is 98.1 cm³/mol. The van der Waals surface area contributed by atoms with E-state index in [4.69, 9.17) is 15.8 Å². The van der Waals surface area contributed by atoms with Gasteiger partial charge >= 0.3 is 5.97 Å². The third-order valence-electron chi connectivity index (χ3n) is 4.48. The van der Waals surface area contributed by atoms with Crippen molar-refractivity contribution in [1.82, 2.24) is 9.97 Å². The Kier molecular flexibility index (Phi) is 5.40. The van der Waals surface area contributed by atoms with E-state index >= 15 is 0 Å². The summed E-state index contributed by atoms with van der Waals surface area (Å²) in [4.78, 5) is 21.9. The number of aromatic nitrogens is 2. The molecule has 130 valence electrons. The molecule has 0 amide bonds. The number of piperidine rings is 1. The van der Waals surface area contributed by atoms with Gasteiger partial charge in [-0.15, -0.1) is 0 Å². The van der Waals surface area contributed by atoms with Crippen LogP contribution >= 0.6 is 0 Å². The molecule has 1 aliphatic heterocycles. The molecule has 0 aromatic carbocycles. The zero-order valence-electron chi connectivity index (χ0n) is 14.0. The second kappa shape index (κ2) is 7.90. The summed E-state index contributed by atoms with van der Waals surface area (Å²) in [6.07, 6.45) is 8.20. The Bertz CT molecular complexity index is 768. The predicted octanol–water partition coefficient (Wildman–Crippen LogP) is 2.42. The average Bonchev–Trinajstić information content (AvgIpc) is 2.67. The van der Waals surface area contributed by atoms with Crippen molar-refractivity contribution < 1.29 is 9.90 Å². The molecule has 2 aromatic heterocycles. The zero-order chi connectivity index (χ0) is 17.6. The van der Waals surface area contributed by atoms with E-state index in [1.54, 1.807) is 12.4 Å². The second-order valence-electron chi connectivity index (χ2n) is 6.23. The van der Waals surface area contributed by atoms with Gasteiger partial charge in [-0.25, -0.2) is 9.78 Å². The van der Waals surface area contributed by atoms with Crippen LogP contribution < -0.4 is 10.6 Å². The summed E-state index contributed by atoms with van der Waals surface area (Å²) in [5.74, 6) is 0.590. The van der Waals surface area contributed by atoms with Gasteiger partial charge in [0.25, 0.3) is 0 Å². The maximum atomic E-state index is 10.7.